The zero-order valence-corrected chi connectivity index (χ0v) is 9.40. The number of carbonyl (C=O) groups excluding carboxylic acids is 1. The van der Waals surface area contributed by atoms with E-state index < -0.39 is 5.79 Å². The fourth-order valence-corrected chi connectivity index (χ4v) is 4.22. The highest BCUT2D eigenvalue weighted by atomic mass is 16.8. The molecule has 4 heterocycles. The van der Waals surface area contributed by atoms with Crippen LogP contribution in [0.15, 0.2) is 0 Å². The summed E-state index contributed by atoms with van der Waals surface area (Å²) in [6.45, 7) is 2.18. The molecule has 0 unspecified atom stereocenters. The zero-order valence-electron chi connectivity index (χ0n) is 9.40. The largest absolute Gasteiger partial charge is 0.432 e. The van der Waals surface area contributed by atoms with Gasteiger partial charge in [0.05, 0.1) is 11.5 Å². The molecule has 0 aromatic heterocycles. The van der Waals surface area contributed by atoms with Gasteiger partial charge >= 0.3 is 5.97 Å². The van der Waals surface area contributed by atoms with E-state index in [2.05, 4.69) is 6.92 Å². The molecule has 1 aliphatic carbocycles. The molecule has 4 saturated heterocycles. The predicted octanol–water partition coefficient (Wildman–Crippen LogP) is 1.58. The molecule has 88 valence electrons. The van der Waals surface area contributed by atoms with Gasteiger partial charge in [-0.15, -0.1) is 0 Å². The third-order valence-electron chi connectivity index (χ3n) is 5.12. The Bertz CT molecular complexity index is 368. The molecule has 5 fully saturated rings. The standard InChI is InChI=1S/C12H16O4/c1-11-7-5-9(13)15-12(11)4-2-3-8(11)14-10(6-7)16-12/h7-8,10H,2-6H2,1H3/t7-,8-,10+,11+,12+/m0/s1. The van der Waals surface area contributed by atoms with Crippen LogP contribution in [0.5, 0.6) is 0 Å². The summed E-state index contributed by atoms with van der Waals surface area (Å²) in [7, 11) is 0. The van der Waals surface area contributed by atoms with Crippen molar-refractivity contribution in [1.82, 2.24) is 0 Å². The van der Waals surface area contributed by atoms with Crippen molar-refractivity contribution in [3.63, 3.8) is 0 Å². The average molecular weight is 224 g/mol. The summed E-state index contributed by atoms with van der Waals surface area (Å²) >= 11 is 0. The van der Waals surface area contributed by atoms with Gasteiger partial charge in [0, 0.05) is 19.3 Å². The van der Waals surface area contributed by atoms with Gasteiger partial charge in [0.2, 0.25) is 5.79 Å². The second kappa shape index (κ2) is 2.62. The van der Waals surface area contributed by atoms with Crippen LogP contribution < -0.4 is 0 Å². The first kappa shape index (κ1) is 9.42. The Balaban J connectivity index is 1.88. The van der Waals surface area contributed by atoms with E-state index >= 15 is 0 Å². The fourth-order valence-electron chi connectivity index (χ4n) is 4.22. The van der Waals surface area contributed by atoms with Gasteiger partial charge in [0.1, 0.15) is 0 Å². The minimum Gasteiger partial charge on any atom is -0.432 e. The van der Waals surface area contributed by atoms with Crippen LogP contribution >= 0.6 is 0 Å². The van der Waals surface area contributed by atoms with E-state index in [-0.39, 0.29) is 23.8 Å². The lowest BCUT2D eigenvalue weighted by Crippen LogP contribution is -2.74. The number of rotatable bonds is 0. The van der Waals surface area contributed by atoms with Gasteiger partial charge in [-0.05, 0) is 18.8 Å². The lowest BCUT2D eigenvalue weighted by atomic mass is 9.55. The molecule has 16 heavy (non-hydrogen) atoms. The summed E-state index contributed by atoms with van der Waals surface area (Å²) in [5.41, 5.74) is -0.117. The van der Waals surface area contributed by atoms with Crippen molar-refractivity contribution in [2.75, 3.05) is 0 Å². The van der Waals surface area contributed by atoms with Gasteiger partial charge in [-0.2, -0.15) is 0 Å². The summed E-state index contributed by atoms with van der Waals surface area (Å²) in [6, 6.07) is 0. The lowest BCUT2D eigenvalue weighted by Gasteiger charge is -2.67. The highest BCUT2D eigenvalue weighted by Crippen LogP contribution is 2.64. The molecule has 5 aliphatic rings. The van der Waals surface area contributed by atoms with Crippen molar-refractivity contribution < 1.29 is 19.0 Å². The third kappa shape index (κ3) is 0.843. The predicted molar refractivity (Wildman–Crippen MR) is 53.3 cm³/mol. The first-order valence-electron chi connectivity index (χ1n) is 6.19. The first-order chi connectivity index (χ1) is 7.64. The molecule has 4 nitrogen and oxygen atoms in total. The summed E-state index contributed by atoms with van der Waals surface area (Å²) < 4.78 is 17.4. The molecule has 4 aliphatic heterocycles. The quantitative estimate of drug-likeness (QED) is 0.586. The van der Waals surface area contributed by atoms with E-state index in [4.69, 9.17) is 14.2 Å². The van der Waals surface area contributed by atoms with Crippen LogP contribution in [0.25, 0.3) is 0 Å². The van der Waals surface area contributed by atoms with Crippen molar-refractivity contribution >= 4 is 5.97 Å². The second-order valence-electron chi connectivity index (χ2n) is 5.71. The molecule has 0 aromatic carbocycles. The number of hydrogen-bond donors (Lipinski definition) is 0. The number of carbonyl (C=O) groups is 1. The Kier molecular flexibility index (Phi) is 1.54. The van der Waals surface area contributed by atoms with Gasteiger partial charge in [0.25, 0.3) is 0 Å². The van der Waals surface area contributed by atoms with Gasteiger partial charge in [-0.25, -0.2) is 0 Å². The Morgan fingerprint density at radius 2 is 2.31 bits per heavy atom. The molecule has 0 amide bonds. The Labute approximate surface area is 94.2 Å². The number of esters is 1. The highest BCUT2D eigenvalue weighted by molar-refractivity contribution is 5.72. The lowest BCUT2D eigenvalue weighted by molar-refractivity contribution is -0.470. The van der Waals surface area contributed by atoms with Crippen molar-refractivity contribution in [3.05, 3.63) is 0 Å². The zero-order chi connectivity index (χ0) is 11.0. The minimum absolute atomic E-state index is 0.0940. The average Bonchev–Trinajstić information content (AvgIpc) is 2.16. The third-order valence-corrected chi connectivity index (χ3v) is 5.12. The molecule has 0 N–H and O–H groups in total. The SMILES string of the molecule is C[C@]12[C@H]3CC(=O)O[C@@]14CCC[C@@H]2O[C@@H](C3)O4. The van der Waals surface area contributed by atoms with E-state index in [9.17, 15) is 4.79 Å². The topological polar surface area (TPSA) is 44.8 Å². The highest BCUT2D eigenvalue weighted by Gasteiger charge is 2.72. The number of hydrogen-bond acceptors (Lipinski definition) is 4. The van der Waals surface area contributed by atoms with Crippen molar-refractivity contribution in [1.29, 1.82) is 0 Å². The van der Waals surface area contributed by atoms with Crippen LogP contribution in [-0.2, 0) is 19.0 Å². The molecule has 0 spiro atoms. The van der Waals surface area contributed by atoms with Crippen LogP contribution in [0.3, 0.4) is 0 Å². The monoisotopic (exact) mass is 224 g/mol. The summed E-state index contributed by atoms with van der Waals surface area (Å²) in [4.78, 5) is 11.6. The van der Waals surface area contributed by atoms with Crippen LogP contribution in [0.4, 0.5) is 0 Å². The van der Waals surface area contributed by atoms with Crippen molar-refractivity contribution in [2.24, 2.45) is 11.3 Å². The Morgan fingerprint density at radius 1 is 1.44 bits per heavy atom. The summed E-state index contributed by atoms with van der Waals surface area (Å²) in [5, 5.41) is 0. The molecular weight excluding hydrogens is 208 g/mol. The molecule has 5 bridgehead atoms. The maximum Gasteiger partial charge on any atom is 0.308 e. The summed E-state index contributed by atoms with van der Waals surface area (Å²) in [5.74, 6) is -0.382. The van der Waals surface area contributed by atoms with Crippen LogP contribution in [0, 0.1) is 11.3 Å². The molecular formula is C12H16O4. The first-order valence-corrected chi connectivity index (χ1v) is 6.19. The second-order valence-corrected chi connectivity index (χ2v) is 5.71. The Hall–Kier alpha value is -0.610. The maximum absolute atomic E-state index is 11.6. The molecule has 4 heteroatoms. The number of ether oxygens (including phenoxy) is 3. The normalized spacial score (nSPS) is 58.3. The van der Waals surface area contributed by atoms with Gasteiger partial charge in [-0.3, -0.25) is 4.79 Å². The maximum atomic E-state index is 11.6. The smallest absolute Gasteiger partial charge is 0.308 e. The van der Waals surface area contributed by atoms with Gasteiger partial charge < -0.3 is 14.2 Å². The molecule has 0 radical (unpaired) electrons. The van der Waals surface area contributed by atoms with E-state index in [0.717, 1.165) is 25.7 Å². The Morgan fingerprint density at radius 3 is 3.19 bits per heavy atom. The van der Waals surface area contributed by atoms with Gasteiger partial charge in [-0.1, -0.05) is 6.92 Å². The van der Waals surface area contributed by atoms with Crippen LogP contribution in [0.2, 0.25) is 0 Å². The van der Waals surface area contributed by atoms with Crippen LogP contribution in [0.1, 0.15) is 39.0 Å². The molecule has 5 atom stereocenters. The molecule has 5 rings (SSSR count). The molecule has 1 saturated carbocycles. The minimum atomic E-state index is -0.670. The van der Waals surface area contributed by atoms with Gasteiger partial charge in [0.15, 0.2) is 6.29 Å². The van der Waals surface area contributed by atoms with Crippen molar-refractivity contribution in [2.45, 2.75) is 57.2 Å². The van der Waals surface area contributed by atoms with E-state index in [1.54, 1.807) is 0 Å². The van der Waals surface area contributed by atoms with E-state index in [1.165, 1.54) is 0 Å². The molecule has 0 aromatic rings. The fraction of sp³-hybridized carbons (Fsp3) is 0.917. The summed E-state index contributed by atoms with van der Waals surface area (Å²) in [6.07, 6.45) is 4.39. The van der Waals surface area contributed by atoms with E-state index in [0.29, 0.717) is 12.3 Å². The van der Waals surface area contributed by atoms with E-state index in [1.807, 2.05) is 0 Å². The van der Waals surface area contributed by atoms with Crippen molar-refractivity contribution in [3.8, 4) is 0 Å². The van der Waals surface area contributed by atoms with Crippen LogP contribution in [-0.4, -0.2) is 24.2 Å².